The molecule has 3 rings (SSSR count). The molecule has 110 valence electrons. The average molecular weight is 288 g/mol. The average Bonchev–Trinajstić information content (AvgIpc) is 2.97. The van der Waals surface area contributed by atoms with Crippen LogP contribution in [0.5, 0.6) is 0 Å². The van der Waals surface area contributed by atoms with Crippen LogP contribution < -0.4 is 5.32 Å². The summed E-state index contributed by atoms with van der Waals surface area (Å²) in [6.45, 7) is 0.994. The van der Waals surface area contributed by atoms with Gasteiger partial charge in [0.15, 0.2) is 5.69 Å². The Labute approximate surface area is 121 Å². The number of fused-ring (bicyclic) bond motifs is 1. The molecule has 0 bridgehead atoms. The third-order valence-electron chi connectivity index (χ3n) is 3.61. The molecule has 2 amide bonds. The first-order chi connectivity index (χ1) is 10.2. The molecule has 0 saturated carbocycles. The van der Waals surface area contributed by atoms with Crippen molar-refractivity contribution in [2.45, 2.75) is 6.04 Å². The van der Waals surface area contributed by atoms with E-state index in [0.717, 1.165) is 10.9 Å². The number of benzene rings is 1. The molecule has 1 saturated heterocycles. The number of rotatable bonds is 2. The van der Waals surface area contributed by atoms with Crippen molar-refractivity contribution in [2.75, 3.05) is 26.8 Å². The van der Waals surface area contributed by atoms with Crippen LogP contribution in [0.15, 0.2) is 24.3 Å². The Balaban J connectivity index is 1.94. The summed E-state index contributed by atoms with van der Waals surface area (Å²) < 4.78 is 5.31. The highest BCUT2D eigenvalue weighted by Crippen LogP contribution is 2.19. The second kappa shape index (κ2) is 5.53. The molecule has 1 fully saturated rings. The molecule has 0 radical (unpaired) electrons. The summed E-state index contributed by atoms with van der Waals surface area (Å²) in [6, 6.07) is 6.79. The zero-order valence-corrected chi connectivity index (χ0v) is 11.6. The van der Waals surface area contributed by atoms with Gasteiger partial charge < -0.3 is 15.0 Å². The van der Waals surface area contributed by atoms with Gasteiger partial charge in [-0.1, -0.05) is 18.2 Å². The number of H-pyrrole nitrogens is 1. The molecule has 1 aromatic carbocycles. The van der Waals surface area contributed by atoms with Gasteiger partial charge in [0.1, 0.15) is 6.04 Å². The highest BCUT2D eigenvalue weighted by Gasteiger charge is 2.34. The van der Waals surface area contributed by atoms with Gasteiger partial charge in [-0.25, -0.2) is 0 Å². The number of aromatic amines is 1. The second-order valence-corrected chi connectivity index (χ2v) is 4.82. The topological polar surface area (TPSA) is 87.3 Å². The zero-order chi connectivity index (χ0) is 14.8. The lowest BCUT2D eigenvalue weighted by atomic mass is 10.1. The minimum Gasteiger partial charge on any atom is -0.377 e. The van der Waals surface area contributed by atoms with E-state index in [4.69, 9.17) is 4.74 Å². The summed E-state index contributed by atoms with van der Waals surface area (Å²) in [6.07, 6.45) is 0. The number of carbonyl (C=O) groups excluding carboxylic acids is 2. The van der Waals surface area contributed by atoms with E-state index < -0.39 is 6.04 Å². The predicted octanol–water partition coefficient (Wildman–Crippen LogP) is 0.150. The first-order valence-electron chi connectivity index (χ1n) is 6.76. The first kappa shape index (κ1) is 13.6. The molecule has 0 aliphatic carbocycles. The van der Waals surface area contributed by atoms with Crippen molar-refractivity contribution in [3.63, 3.8) is 0 Å². The molecular formula is C14H16N4O3. The molecule has 1 unspecified atom stereocenters. The number of amides is 2. The lowest BCUT2D eigenvalue weighted by Gasteiger charge is -2.33. The van der Waals surface area contributed by atoms with Crippen molar-refractivity contribution < 1.29 is 14.3 Å². The fraction of sp³-hybridized carbons (Fsp3) is 0.357. The van der Waals surface area contributed by atoms with Gasteiger partial charge in [0.05, 0.1) is 18.7 Å². The number of nitrogens with zero attached hydrogens (tertiary/aromatic N) is 2. The monoisotopic (exact) mass is 288 g/mol. The van der Waals surface area contributed by atoms with E-state index in [1.165, 1.54) is 4.90 Å². The van der Waals surface area contributed by atoms with Crippen molar-refractivity contribution in [2.24, 2.45) is 0 Å². The van der Waals surface area contributed by atoms with Crippen molar-refractivity contribution in [3.05, 3.63) is 30.0 Å². The Morgan fingerprint density at radius 3 is 3.05 bits per heavy atom. The van der Waals surface area contributed by atoms with E-state index in [1.54, 1.807) is 7.05 Å². The van der Waals surface area contributed by atoms with Crippen molar-refractivity contribution in [1.82, 2.24) is 20.4 Å². The summed E-state index contributed by atoms with van der Waals surface area (Å²) >= 11 is 0. The molecule has 7 nitrogen and oxygen atoms in total. The maximum Gasteiger partial charge on any atom is 0.275 e. The van der Waals surface area contributed by atoms with Crippen molar-refractivity contribution >= 4 is 22.7 Å². The Hall–Kier alpha value is -2.41. The largest absolute Gasteiger partial charge is 0.377 e. The van der Waals surface area contributed by atoms with Crippen LogP contribution in [0.1, 0.15) is 10.5 Å². The predicted molar refractivity (Wildman–Crippen MR) is 75.8 cm³/mol. The quantitative estimate of drug-likeness (QED) is 0.823. The van der Waals surface area contributed by atoms with Gasteiger partial charge in [0, 0.05) is 19.0 Å². The summed E-state index contributed by atoms with van der Waals surface area (Å²) in [7, 11) is 1.55. The highest BCUT2D eigenvalue weighted by atomic mass is 16.5. The van der Waals surface area contributed by atoms with E-state index in [-0.39, 0.29) is 18.4 Å². The lowest BCUT2D eigenvalue weighted by Crippen LogP contribution is -2.55. The van der Waals surface area contributed by atoms with Gasteiger partial charge in [-0.3, -0.25) is 14.7 Å². The van der Waals surface area contributed by atoms with Crippen LogP contribution in [0.2, 0.25) is 0 Å². The van der Waals surface area contributed by atoms with Crippen LogP contribution >= 0.6 is 0 Å². The minimum atomic E-state index is -0.619. The number of morpholine rings is 1. The fourth-order valence-electron chi connectivity index (χ4n) is 2.49. The standard InChI is InChI=1S/C14H16N4O3/c1-15-13(19)11-8-21-7-6-18(11)14(20)12-9-4-2-3-5-10(9)16-17-12/h2-5,11H,6-8H2,1H3,(H,15,19)(H,16,17). The number of likely N-dealkylation sites (N-methyl/N-ethyl adjacent to an activating group) is 1. The van der Waals surface area contributed by atoms with Crippen molar-refractivity contribution in [3.8, 4) is 0 Å². The Morgan fingerprint density at radius 2 is 2.24 bits per heavy atom. The molecule has 1 aromatic heterocycles. The van der Waals surface area contributed by atoms with E-state index in [9.17, 15) is 9.59 Å². The number of hydrogen-bond donors (Lipinski definition) is 2. The van der Waals surface area contributed by atoms with Crippen LogP contribution in [-0.4, -0.2) is 59.8 Å². The fourth-order valence-corrected chi connectivity index (χ4v) is 2.49. The van der Waals surface area contributed by atoms with Gasteiger partial charge in [-0.05, 0) is 6.07 Å². The second-order valence-electron chi connectivity index (χ2n) is 4.82. The van der Waals surface area contributed by atoms with Crippen LogP contribution in [0.3, 0.4) is 0 Å². The highest BCUT2D eigenvalue weighted by molar-refractivity contribution is 6.06. The number of para-hydroxylation sites is 1. The molecule has 2 N–H and O–H groups in total. The lowest BCUT2D eigenvalue weighted by molar-refractivity contribution is -0.130. The van der Waals surface area contributed by atoms with E-state index in [1.807, 2.05) is 24.3 Å². The molecule has 0 spiro atoms. The number of ether oxygens (including phenoxy) is 1. The molecule has 1 atom stereocenters. The van der Waals surface area contributed by atoms with Gasteiger partial charge in [0.2, 0.25) is 5.91 Å². The van der Waals surface area contributed by atoms with Crippen LogP contribution in [0, 0.1) is 0 Å². The summed E-state index contributed by atoms with van der Waals surface area (Å²) in [5.41, 5.74) is 1.13. The molecule has 1 aliphatic rings. The molecule has 1 aliphatic heterocycles. The minimum absolute atomic E-state index is 0.202. The Kier molecular flexibility index (Phi) is 3.57. The number of aromatic nitrogens is 2. The van der Waals surface area contributed by atoms with Crippen molar-refractivity contribution in [1.29, 1.82) is 0 Å². The van der Waals surface area contributed by atoms with Crippen LogP contribution in [0.4, 0.5) is 0 Å². The van der Waals surface area contributed by atoms with Crippen LogP contribution in [0.25, 0.3) is 10.9 Å². The van der Waals surface area contributed by atoms with E-state index in [2.05, 4.69) is 15.5 Å². The molecule has 7 heteroatoms. The third kappa shape index (κ3) is 2.36. The number of nitrogens with one attached hydrogen (secondary N) is 2. The summed E-state index contributed by atoms with van der Waals surface area (Å²) in [5.74, 6) is -0.493. The normalized spacial score (nSPS) is 18.7. The Bertz CT molecular complexity index is 682. The van der Waals surface area contributed by atoms with E-state index >= 15 is 0 Å². The third-order valence-corrected chi connectivity index (χ3v) is 3.61. The first-order valence-corrected chi connectivity index (χ1v) is 6.76. The van der Waals surface area contributed by atoms with Crippen LogP contribution in [-0.2, 0) is 9.53 Å². The number of carbonyl (C=O) groups is 2. The number of hydrogen-bond acceptors (Lipinski definition) is 4. The van der Waals surface area contributed by atoms with Gasteiger partial charge in [0.25, 0.3) is 5.91 Å². The van der Waals surface area contributed by atoms with E-state index in [0.29, 0.717) is 18.8 Å². The zero-order valence-electron chi connectivity index (χ0n) is 11.6. The smallest absolute Gasteiger partial charge is 0.275 e. The van der Waals surface area contributed by atoms with Gasteiger partial charge >= 0.3 is 0 Å². The summed E-state index contributed by atoms with van der Waals surface area (Å²) in [5, 5.41) is 10.3. The van der Waals surface area contributed by atoms with Gasteiger partial charge in [-0.2, -0.15) is 5.10 Å². The maximum absolute atomic E-state index is 12.7. The molecule has 2 aromatic rings. The Morgan fingerprint density at radius 1 is 1.43 bits per heavy atom. The maximum atomic E-state index is 12.7. The summed E-state index contributed by atoms with van der Waals surface area (Å²) in [4.78, 5) is 26.1. The molecular weight excluding hydrogens is 272 g/mol. The van der Waals surface area contributed by atoms with Gasteiger partial charge in [-0.15, -0.1) is 0 Å². The molecule has 21 heavy (non-hydrogen) atoms. The molecule has 2 heterocycles. The SMILES string of the molecule is CNC(=O)C1COCCN1C(=O)c1n[nH]c2ccccc12.